The molecule has 8 saturated carbocycles. The van der Waals surface area contributed by atoms with Gasteiger partial charge in [0, 0.05) is 66.7 Å². The molecule has 2 N–H and O–H groups in total. The molecule has 0 aromatic carbocycles. The fourth-order valence-electron chi connectivity index (χ4n) is 19.4. The second-order valence-corrected chi connectivity index (χ2v) is 25.9. The van der Waals surface area contributed by atoms with Gasteiger partial charge in [-0.05, 0) is 149 Å². The van der Waals surface area contributed by atoms with E-state index in [0.29, 0.717) is 59.9 Å². The first-order chi connectivity index (χ1) is 31.3. The minimum Gasteiger partial charge on any atom is -0.445 e. The highest BCUT2D eigenvalue weighted by Gasteiger charge is 2.71. The molecule has 2 heterocycles. The first-order valence-corrected chi connectivity index (χ1v) is 27.3. The highest BCUT2D eigenvalue weighted by Crippen LogP contribution is 2.71. The zero-order chi connectivity index (χ0) is 47.4. The van der Waals surface area contributed by atoms with E-state index < -0.39 is 23.7 Å². The number of hydrogen-bond donors (Lipinski definition) is 2. The van der Waals surface area contributed by atoms with Crippen molar-refractivity contribution in [3.05, 3.63) is 0 Å². The molecule has 0 aromatic heterocycles. The van der Waals surface area contributed by atoms with Gasteiger partial charge >= 0.3 is 6.09 Å². The van der Waals surface area contributed by atoms with Crippen molar-refractivity contribution < 1.29 is 38.5 Å². The molecular weight excluding hydrogens is 829 g/mol. The number of piperidine rings is 1. The van der Waals surface area contributed by atoms with Gasteiger partial charge in [-0.25, -0.2) is 4.79 Å². The molecule has 6 bridgehead atoms. The Kier molecular flexibility index (Phi) is 13.2. The van der Waals surface area contributed by atoms with Gasteiger partial charge in [-0.3, -0.25) is 19.7 Å². The Hall–Kier alpha value is -1.88. The zero-order valence-corrected chi connectivity index (χ0v) is 42.9. The SMILES string of the molecule is CO[C@@H]1CCC23CC[C@@H](C)[C@](C)(C12)[C@H](O)C[C@@](C)(C1CCCC1)C(=O)[C@@H]3C.CO[C@@H]1CCC23CC[C@@H](C)[C@](C)(C12)[C@H](OC(=O)NC(=O)[C@H]1CN2CC[C@@H]1C2)C[C@@](C)(C1CCCC1)C(=O)[C@@H]3C. The molecule has 2 saturated heterocycles. The number of imide groups is 1. The van der Waals surface area contributed by atoms with Crippen LogP contribution in [0.3, 0.4) is 0 Å². The maximum Gasteiger partial charge on any atom is 0.414 e. The number of carbonyl (C=O) groups is 4. The molecule has 372 valence electrons. The molecule has 10 rings (SSSR count). The van der Waals surface area contributed by atoms with Crippen LogP contribution in [0.1, 0.15) is 177 Å². The minimum absolute atomic E-state index is 0.0142. The molecule has 0 aromatic rings. The van der Waals surface area contributed by atoms with Crippen molar-refractivity contribution in [3.8, 4) is 0 Å². The smallest absolute Gasteiger partial charge is 0.414 e. The van der Waals surface area contributed by atoms with Crippen LogP contribution < -0.4 is 5.32 Å². The van der Waals surface area contributed by atoms with Gasteiger partial charge in [0.25, 0.3) is 0 Å². The second kappa shape index (κ2) is 17.8. The highest BCUT2D eigenvalue weighted by molar-refractivity contribution is 5.94. The Morgan fingerprint density at radius 3 is 1.58 bits per heavy atom. The van der Waals surface area contributed by atoms with Gasteiger partial charge in [0.15, 0.2) is 0 Å². The predicted octanol–water partition coefficient (Wildman–Crippen LogP) is 10.2. The van der Waals surface area contributed by atoms with Crippen molar-refractivity contribution in [3.63, 3.8) is 0 Å². The molecule has 10 aliphatic rings. The number of nitrogens with one attached hydrogen (secondary N) is 1. The summed E-state index contributed by atoms with van der Waals surface area (Å²) in [6.45, 7) is 20.8. The quantitative estimate of drug-likeness (QED) is 0.267. The largest absolute Gasteiger partial charge is 0.445 e. The summed E-state index contributed by atoms with van der Waals surface area (Å²) in [6.07, 6.45) is 18.5. The topological polar surface area (TPSA) is 131 Å². The standard InChI is InChI=1S/C32H50N2O5.C24H40O3/c1-19-10-13-32-14-11-24(38-5)26(32)31(19,4)25(16-30(3,27(35)20(32)2)22-8-6-7-9-22)39-29(37)33-28(36)23-18-34-15-12-21(23)17-34;1-15-10-12-24-13-11-18(27-5)20(24)23(15,4)19(25)14-22(3,21(26)16(24)2)17-8-6-7-9-17/h19-26H,6-18H2,1-5H3,(H,33,36,37);15-20,25H,6-14H2,1-5H3/t19-,20+,21-,23+,24-,25-,26?,30+,31+,32?;15-,16+,18-,19-,20?,22+,23+,24?/m11/s1. The van der Waals surface area contributed by atoms with E-state index in [1.54, 1.807) is 7.11 Å². The number of ketones is 2. The summed E-state index contributed by atoms with van der Waals surface area (Å²) in [4.78, 5) is 57.7. The van der Waals surface area contributed by atoms with Crippen LogP contribution in [0.2, 0.25) is 0 Å². The number of carbonyl (C=O) groups excluding carboxylic acids is 4. The number of rotatable bonds is 6. The number of amides is 2. The van der Waals surface area contributed by atoms with Crippen LogP contribution in [0.4, 0.5) is 4.79 Å². The zero-order valence-electron chi connectivity index (χ0n) is 42.9. The third kappa shape index (κ3) is 7.23. The van der Waals surface area contributed by atoms with Crippen LogP contribution in [0.5, 0.6) is 0 Å². The first kappa shape index (κ1) is 49.1. The van der Waals surface area contributed by atoms with Gasteiger partial charge in [0.2, 0.25) is 5.91 Å². The summed E-state index contributed by atoms with van der Waals surface area (Å²) in [5.41, 5.74) is -1.53. The van der Waals surface area contributed by atoms with Gasteiger partial charge in [-0.15, -0.1) is 0 Å². The fourth-order valence-corrected chi connectivity index (χ4v) is 19.4. The maximum atomic E-state index is 14.6. The summed E-state index contributed by atoms with van der Waals surface area (Å²) >= 11 is 0. The van der Waals surface area contributed by atoms with E-state index in [4.69, 9.17) is 14.2 Å². The molecule has 2 aliphatic heterocycles. The van der Waals surface area contributed by atoms with Crippen LogP contribution in [-0.2, 0) is 28.6 Å². The molecule has 0 spiro atoms. The van der Waals surface area contributed by atoms with E-state index >= 15 is 0 Å². The number of methoxy groups -OCH3 is 2. The van der Waals surface area contributed by atoms with E-state index in [1.165, 1.54) is 12.8 Å². The van der Waals surface area contributed by atoms with E-state index in [9.17, 15) is 24.3 Å². The number of aliphatic hydroxyl groups is 1. The summed E-state index contributed by atoms with van der Waals surface area (Å²) < 4.78 is 18.6. The Bertz CT molecular complexity index is 1860. The molecule has 19 atom stereocenters. The Morgan fingerprint density at radius 1 is 0.636 bits per heavy atom. The van der Waals surface area contributed by atoms with Crippen molar-refractivity contribution in [2.45, 2.75) is 202 Å². The lowest BCUT2D eigenvalue weighted by molar-refractivity contribution is -0.195. The fraction of sp³-hybridized carbons (Fsp3) is 0.929. The molecule has 10 heteroatoms. The number of ether oxygens (including phenoxy) is 3. The number of Topliss-reactive ketones (excluding diaryl/α,β-unsaturated/α-hetero) is 2. The normalized spacial score (nSPS) is 51.2. The Morgan fingerprint density at radius 2 is 1.11 bits per heavy atom. The van der Waals surface area contributed by atoms with Crippen molar-refractivity contribution in [2.75, 3.05) is 33.9 Å². The van der Waals surface area contributed by atoms with E-state index in [-0.39, 0.29) is 68.9 Å². The highest BCUT2D eigenvalue weighted by atomic mass is 16.6. The minimum atomic E-state index is -0.630. The van der Waals surface area contributed by atoms with Crippen molar-refractivity contribution in [2.24, 2.45) is 91.7 Å². The Labute approximate surface area is 398 Å². The van der Waals surface area contributed by atoms with Crippen LogP contribution in [0, 0.1) is 91.7 Å². The molecule has 10 fully saturated rings. The summed E-state index contributed by atoms with van der Waals surface area (Å²) in [5, 5.41) is 14.4. The third-order valence-electron chi connectivity index (χ3n) is 23.9. The van der Waals surface area contributed by atoms with Gasteiger partial charge in [0.05, 0.1) is 24.2 Å². The molecule has 10 nitrogen and oxygen atoms in total. The monoisotopic (exact) mass is 919 g/mol. The number of hydrogen-bond acceptors (Lipinski definition) is 9. The first-order valence-electron chi connectivity index (χ1n) is 27.3. The van der Waals surface area contributed by atoms with Crippen molar-refractivity contribution in [1.29, 1.82) is 0 Å². The van der Waals surface area contributed by atoms with Crippen LogP contribution >= 0.6 is 0 Å². The lowest BCUT2D eigenvalue weighted by Crippen LogP contribution is -2.64. The van der Waals surface area contributed by atoms with Crippen molar-refractivity contribution in [1.82, 2.24) is 10.2 Å². The number of aliphatic hydroxyl groups excluding tert-OH is 1. The second-order valence-electron chi connectivity index (χ2n) is 25.9. The number of nitrogens with zero attached hydrogens (tertiary/aromatic N) is 1. The molecular formula is C56H90N2O8. The predicted molar refractivity (Wildman–Crippen MR) is 255 cm³/mol. The van der Waals surface area contributed by atoms with Gasteiger partial charge in [-0.2, -0.15) is 0 Å². The van der Waals surface area contributed by atoms with Crippen LogP contribution in [0.25, 0.3) is 0 Å². The van der Waals surface area contributed by atoms with E-state index in [1.807, 2.05) is 7.11 Å². The van der Waals surface area contributed by atoms with Gasteiger partial charge < -0.3 is 24.2 Å². The van der Waals surface area contributed by atoms with Crippen LogP contribution in [0.15, 0.2) is 0 Å². The number of alkyl carbamates (subject to hydrolysis) is 1. The van der Waals surface area contributed by atoms with Crippen molar-refractivity contribution >= 4 is 23.6 Å². The van der Waals surface area contributed by atoms with Crippen LogP contribution in [-0.4, -0.2) is 91.8 Å². The lowest BCUT2D eigenvalue weighted by Gasteiger charge is -2.62. The maximum absolute atomic E-state index is 14.6. The van der Waals surface area contributed by atoms with Gasteiger partial charge in [0.1, 0.15) is 17.7 Å². The van der Waals surface area contributed by atoms with E-state index in [0.717, 1.165) is 116 Å². The molecule has 8 aliphatic carbocycles. The Balaban J connectivity index is 0.000000178. The summed E-state index contributed by atoms with van der Waals surface area (Å²) in [6, 6.07) is 0. The summed E-state index contributed by atoms with van der Waals surface area (Å²) in [7, 11) is 3.63. The lowest BCUT2D eigenvalue weighted by atomic mass is 9.43. The molecule has 66 heavy (non-hydrogen) atoms. The van der Waals surface area contributed by atoms with E-state index in [2.05, 4.69) is 65.6 Å². The number of fused-ring (bicyclic) bond motifs is 2. The average molecular weight is 919 g/mol. The molecule has 5 unspecified atom stereocenters. The third-order valence-corrected chi connectivity index (χ3v) is 23.9. The molecule has 0 radical (unpaired) electrons. The van der Waals surface area contributed by atoms with Gasteiger partial charge in [-0.1, -0.05) is 81.1 Å². The average Bonchev–Trinajstić information content (AvgIpc) is 4.17. The molecule has 2 amide bonds. The summed E-state index contributed by atoms with van der Waals surface area (Å²) in [5.74, 6) is 2.83.